The molecule has 3 heteroatoms. The van der Waals surface area contributed by atoms with Crippen LogP contribution in [0, 0.1) is 3.57 Å². The van der Waals surface area contributed by atoms with Gasteiger partial charge in [-0.15, -0.1) is 0 Å². The summed E-state index contributed by atoms with van der Waals surface area (Å²) in [5, 5.41) is 0. The van der Waals surface area contributed by atoms with Crippen molar-refractivity contribution in [1.82, 2.24) is 4.90 Å². The second-order valence-corrected chi connectivity index (χ2v) is 5.83. The Kier molecular flexibility index (Phi) is 5.10. The molecule has 0 atom stereocenters. The Morgan fingerprint density at radius 3 is 2.32 bits per heavy atom. The zero-order valence-corrected chi connectivity index (χ0v) is 13.0. The number of hydrogen-bond acceptors (Lipinski definition) is 2. The number of ketones is 1. The monoisotopic (exact) mass is 365 g/mol. The highest BCUT2D eigenvalue weighted by atomic mass is 127. The minimum atomic E-state index is 0.162. The molecule has 0 spiro atoms. The predicted octanol–water partition coefficient (Wildman–Crippen LogP) is 3.61. The molecule has 2 nitrogen and oxygen atoms in total. The second kappa shape index (κ2) is 6.82. The van der Waals surface area contributed by atoms with E-state index in [-0.39, 0.29) is 5.78 Å². The summed E-state index contributed by atoms with van der Waals surface area (Å²) < 4.78 is 1.15. The lowest BCUT2D eigenvalue weighted by Gasteiger charge is -2.15. The zero-order valence-electron chi connectivity index (χ0n) is 10.8. The number of carbonyl (C=O) groups excluding carboxylic acids is 1. The van der Waals surface area contributed by atoms with E-state index in [9.17, 15) is 4.79 Å². The van der Waals surface area contributed by atoms with Gasteiger partial charge in [0.2, 0.25) is 0 Å². The first-order valence-electron chi connectivity index (χ1n) is 6.16. The molecule has 0 unspecified atom stereocenters. The van der Waals surface area contributed by atoms with E-state index in [1.54, 1.807) is 0 Å². The van der Waals surface area contributed by atoms with Crippen molar-refractivity contribution in [2.75, 3.05) is 13.6 Å². The van der Waals surface area contributed by atoms with Crippen molar-refractivity contribution in [2.24, 2.45) is 0 Å². The summed E-state index contributed by atoms with van der Waals surface area (Å²) in [6.45, 7) is 1.23. The minimum Gasteiger partial charge on any atom is -0.295 e. The summed E-state index contributed by atoms with van der Waals surface area (Å²) in [7, 11) is 1.97. The molecule has 0 aliphatic carbocycles. The lowest BCUT2D eigenvalue weighted by molar-refractivity contribution is 0.0943. The number of likely N-dealkylation sites (N-methyl/N-ethyl adjacent to an activating group) is 1. The largest absolute Gasteiger partial charge is 0.295 e. The zero-order chi connectivity index (χ0) is 13.7. The van der Waals surface area contributed by atoms with Crippen LogP contribution in [0.5, 0.6) is 0 Å². The standard InChI is InChI=1S/C16H16INO/c1-18(11-13-5-3-2-4-6-13)12-16(19)14-7-9-15(17)10-8-14/h2-10H,11-12H2,1H3. The first kappa shape index (κ1) is 14.2. The highest BCUT2D eigenvalue weighted by Gasteiger charge is 2.09. The molecule has 0 amide bonds. The van der Waals surface area contributed by atoms with Crippen molar-refractivity contribution in [2.45, 2.75) is 6.54 Å². The van der Waals surface area contributed by atoms with Gasteiger partial charge in [-0.25, -0.2) is 0 Å². The average Bonchev–Trinajstić information content (AvgIpc) is 2.40. The van der Waals surface area contributed by atoms with Gasteiger partial charge < -0.3 is 0 Å². The number of benzene rings is 2. The van der Waals surface area contributed by atoms with Crippen molar-refractivity contribution in [3.05, 3.63) is 69.3 Å². The molecule has 0 N–H and O–H groups in total. The molecule has 0 radical (unpaired) electrons. The number of halogens is 1. The third-order valence-electron chi connectivity index (χ3n) is 2.88. The van der Waals surface area contributed by atoms with Gasteiger partial charge in [-0.1, -0.05) is 42.5 Å². The molecule has 0 aromatic heterocycles. The number of nitrogens with zero attached hydrogens (tertiary/aromatic N) is 1. The molecule has 98 valence electrons. The Morgan fingerprint density at radius 2 is 1.68 bits per heavy atom. The quantitative estimate of drug-likeness (QED) is 0.596. The lowest BCUT2D eigenvalue weighted by Crippen LogP contribution is -2.25. The van der Waals surface area contributed by atoms with Crippen LogP contribution in [0.15, 0.2) is 54.6 Å². The molecule has 2 rings (SSSR count). The van der Waals surface area contributed by atoms with Crippen LogP contribution in [0.1, 0.15) is 15.9 Å². The van der Waals surface area contributed by atoms with Crippen LogP contribution in [0.3, 0.4) is 0 Å². The van der Waals surface area contributed by atoms with Gasteiger partial charge in [-0.2, -0.15) is 0 Å². The van der Waals surface area contributed by atoms with Crippen LogP contribution in [0.4, 0.5) is 0 Å². The van der Waals surface area contributed by atoms with E-state index < -0.39 is 0 Å². The van der Waals surface area contributed by atoms with Gasteiger partial charge in [0.1, 0.15) is 0 Å². The number of Topliss-reactive ketones (excluding diaryl/α,β-unsaturated/α-hetero) is 1. The van der Waals surface area contributed by atoms with Gasteiger partial charge >= 0.3 is 0 Å². The Labute approximate surface area is 127 Å². The van der Waals surface area contributed by atoms with Gasteiger partial charge in [0, 0.05) is 15.7 Å². The van der Waals surface area contributed by atoms with Crippen LogP contribution in [0.2, 0.25) is 0 Å². The molecule has 0 saturated heterocycles. The molecule has 2 aromatic carbocycles. The fourth-order valence-corrected chi connectivity index (χ4v) is 2.28. The molecule has 2 aromatic rings. The summed E-state index contributed by atoms with van der Waals surface area (Å²) in [5.41, 5.74) is 2.00. The minimum absolute atomic E-state index is 0.162. The molecule has 0 saturated carbocycles. The predicted molar refractivity (Wildman–Crippen MR) is 86.3 cm³/mol. The highest BCUT2D eigenvalue weighted by Crippen LogP contribution is 2.09. The van der Waals surface area contributed by atoms with Gasteiger partial charge in [-0.05, 0) is 47.3 Å². The molecule has 0 bridgehead atoms. The van der Waals surface area contributed by atoms with Crippen LogP contribution in [-0.2, 0) is 6.54 Å². The van der Waals surface area contributed by atoms with E-state index in [0.717, 1.165) is 15.7 Å². The fourth-order valence-electron chi connectivity index (χ4n) is 1.92. The summed E-state index contributed by atoms with van der Waals surface area (Å²) in [6, 6.07) is 17.9. The molecule has 19 heavy (non-hydrogen) atoms. The van der Waals surface area contributed by atoms with E-state index in [4.69, 9.17) is 0 Å². The topological polar surface area (TPSA) is 20.3 Å². The maximum absolute atomic E-state index is 12.1. The van der Waals surface area contributed by atoms with Gasteiger partial charge in [-0.3, -0.25) is 9.69 Å². The Hall–Kier alpha value is -1.20. The maximum Gasteiger partial charge on any atom is 0.176 e. The second-order valence-electron chi connectivity index (χ2n) is 4.59. The molecule has 0 fully saturated rings. The number of rotatable bonds is 5. The van der Waals surface area contributed by atoms with E-state index >= 15 is 0 Å². The normalized spacial score (nSPS) is 10.7. The first-order valence-corrected chi connectivity index (χ1v) is 7.24. The molecule has 0 aliphatic heterocycles. The summed E-state index contributed by atoms with van der Waals surface area (Å²) in [4.78, 5) is 14.1. The Balaban J connectivity index is 1.93. The van der Waals surface area contributed by atoms with Gasteiger partial charge in [0.15, 0.2) is 5.78 Å². The smallest absolute Gasteiger partial charge is 0.176 e. The third-order valence-corrected chi connectivity index (χ3v) is 3.59. The Bertz CT molecular complexity index is 536. The molecule has 0 aliphatic rings. The molecular formula is C16H16INO. The molecular weight excluding hydrogens is 349 g/mol. The fraction of sp³-hybridized carbons (Fsp3) is 0.188. The summed E-state index contributed by atoms with van der Waals surface area (Å²) >= 11 is 2.24. The van der Waals surface area contributed by atoms with Crippen molar-refractivity contribution < 1.29 is 4.79 Å². The third kappa shape index (κ3) is 4.44. The van der Waals surface area contributed by atoms with Gasteiger partial charge in [0.25, 0.3) is 0 Å². The molecule has 0 heterocycles. The number of hydrogen-bond donors (Lipinski definition) is 0. The van der Waals surface area contributed by atoms with Crippen LogP contribution in [0.25, 0.3) is 0 Å². The van der Waals surface area contributed by atoms with Crippen LogP contribution >= 0.6 is 22.6 Å². The van der Waals surface area contributed by atoms with Crippen molar-refractivity contribution in [1.29, 1.82) is 0 Å². The maximum atomic E-state index is 12.1. The first-order chi connectivity index (χ1) is 9.15. The van der Waals surface area contributed by atoms with Crippen molar-refractivity contribution in [3.63, 3.8) is 0 Å². The van der Waals surface area contributed by atoms with Crippen molar-refractivity contribution in [3.8, 4) is 0 Å². The average molecular weight is 365 g/mol. The highest BCUT2D eigenvalue weighted by molar-refractivity contribution is 14.1. The van der Waals surface area contributed by atoms with E-state index in [1.165, 1.54) is 5.56 Å². The van der Waals surface area contributed by atoms with Crippen LogP contribution < -0.4 is 0 Å². The summed E-state index contributed by atoms with van der Waals surface area (Å²) in [6.07, 6.45) is 0. The SMILES string of the molecule is CN(CC(=O)c1ccc(I)cc1)Cc1ccccc1. The van der Waals surface area contributed by atoms with E-state index in [0.29, 0.717) is 6.54 Å². The van der Waals surface area contributed by atoms with Crippen LogP contribution in [-0.4, -0.2) is 24.3 Å². The van der Waals surface area contributed by atoms with Crippen molar-refractivity contribution >= 4 is 28.4 Å². The summed E-state index contributed by atoms with van der Waals surface area (Å²) in [5.74, 6) is 0.162. The van der Waals surface area contributed by atoms with E-state index in [2.05, 4.69) is 34.7 Å². The lowest BCUT2D eigenvalue weighted by atomic mass is 10.1. The van der Waals surface area contributed by atoms with E-state index in [1.807, 2.05) is 54.4 Å². The number of carbonyl (C=O) groups is 1. The Morgan fingerprint density at radius 1 is 1.05 bits per heavy atom. The van der Waals surface area contributed by atoms with Gasteiger partial charge in [0.05, 0.1) is 6.54 Å².